The van der Waals surface area contributed by atoms with E-state index in [0.717, 1.165) is 27.7 Å². The minimum absolute atomic E-state index is 0.133. The van der Waals surface area contributed by atoms with Crippen LogP contribution in [-0.4, -0.2) is 90.3 Å². The highest BCUT2D eigenvalue weighted by atomic mass is 31.2. The molecule has 3 aromatic rings. The third-order valence-corrected chi connectivity index (χ3v) is 8.77. The first-order chi connectivity index (χ1) is 30.2. The number of hydrogen-bond donors (Lipinski definition) is 3. The minimum atomic E-state index is -5.32. The van der Waals surface area contributed by atoms with E-state index in [1.807, 2.05) is 0 Å². The van der Waals surface area contributed by atoms with Gasteiger partial charge in [0, 0.05) is 34.1 Å². The fourth-order valence-electron chi connectivity index (χ4n) is 5.12. The lowest BCUT2D eigenvalue weighted by Crippen LogP contribution is -2.54. The summed E-state index contributed by atoms with van der Waals surface area (Å²) in [6.07, 6.45) is -10.8. The maximum Gasteiger partial charge on any atom is 0.471 e. The Morgan fingerprint density at radius 2 is 1.16 bits per heavy atom. The number of esters is 4. The summed E-state index contributed by atoms with van der Waals surface area (Å²) in [6.45, 7) is 3.43. The van der Waals surface area contributed by atoms with Crippen LogP contribution >= 0.6 is 8.60 Å². The van der Waals surface area contributed by atoms with E-state index in [4.69, 9.17) is 47.2 Å². The number of carboxylic acid groups (broad SMARTS) is 1. The van der Waals surface area contributed by atoms with Gasteiger partial charge in [-0.2, -0.15) is 13.2 Å². The fourth-order valence-corrected chi connectivity index (χ4v) is 6.24. The van der Waals surface area contributed by atoms with Gasteiger partial charge in [0.25, 0.3) is 11.8 Å². The Bertz CT molecular complexity index is 1900. The summed E-state index contributed by atoms with van der Waals surface area (Å²) in [5.74, 6) is -11.1. The van der Waals surface area contributed by atoms with E-state index in [9.17, 15) is 41.9 Å². The molecule has 0 bridgehead atoms. The van der Waals surface area contributed by atoms with E-state index in [1.165, 1.54) is 12.2 Å². The Balaban J connectivity index is 0.00000337. The van der Waals surface area contributed by atoms with Gasteiger partial charge in [-0.15, -0.1) is 0 Å². The summed E-state index contributed by atoms with van der Waals surface area (Å²) < 4.78 is 85.0. The molecule has 0 radical (unpaired) electrons. The topological polar surface area (TPSA) is 238 Å². The SMILES string of the molecule is CC(=O)O.CC(=O)OCC(CC(C)OC(C[C@H](NC(=O)CNC(=O)C(F)(F)F)OC(C)=O)(OP(OCc1ccccc1)OCc1ccccc1)C(=O)OCc1ccccc1)OC(C)=O. The summed E-state index contributed by atoms with van der Waals surface area (Å²) >= 11 is 0. The molecule has 3 unspecified atom stereocenters. The average Bonchev–Trinajstić information content (AvgIpc) is 3.22. The molecule has 0 aromatic heterocycles. The van der Waals surface area contributed by atoms with Gasteiger partial charge in [0.1, 0.15) is 19.3 Å². The van der Waals surface area contributed by atoms with Gasteiger partial charge in [0.2, 0.25) is 5.91 Å². The molecule has 3 aromatic carbocycles. The predicted molar refractivity (Wildman–Crippen MR) is 217 cm³/mol. The molecule has 0 spiro atoms. The molecule has 0 aliphatic carbocycles. The van der Waals surface area contributed by atoms with Crippen molar-refractivity contribution in [2.45, 2.75) is 97.7 Å². The zero-order chi connectivity index (χ0) is 47.7. The van der Waals surface area contributed by atoms with Crippen molar-refractivity contribution in [1.82, 2.24) is 10.6 Å². The lowest BCUT2D eigenvalue weighted by atomic mass is 10.1. The molecule has 0 saturated carbocycles. The minimum Gasteiger partial charge on any atom is -0.481 e. The number of halogens is 3. The zero-order valence-electron chi connectivity index (χ0n) is 35.5. The van der Waals surface area contributed by atoms with E-state index in [-0.39, 0.29) is 26.2 Å². The van der Waals surface area contributed by atoms with E-state index in [0.29, 0.717) is 16.7 Å². The van der Waals surface area contributed by atoms with Crippen molar-refractivity contribution in [1.29, 1.82) is 0 Å². The number of ether oxygens (including phenoxy) is 5. The van der Waals surface area contributed by atoms with Crippen molar-refractivity contribution in [2.75, 3.05) is 13.2 Å². The van der Waals surface area contributed by atoms with Gasteiger partial charge < -0.3 is 48.5 Å². The van der Waals surface area contributed by atoms with Crippen LogP contribution < -0.4 is 10.6 Å². The highest BCUT2D eigenvalue weighted by Gasteiger charge is 2.51. The molecule has 3 rings (SSSR count). The molecule has 0 aliphatic heterocycles. The summed E-state index contributed by atoms with van der Waals surface area (Å²) in [4.78, 5) is 84.1. The first-order valence-electron chi connectivity index (χ1n) is 19.2. The van der Waals surface area contributed by atoms with Gasteiger partial charge >= 0.3 is 44.6 Å². The van der Waals surface area contributed by atoms with Crippen LogP contribution in [0.1, 0.15) is 64.2 Å². The third-order valence-electron chi connectivity index (χ3n) is 7.65. The molecular weight excluding hydrogens is 876 g/mol. The Hall–Kier alpha value is -5.99. The van der Waals surface area contributed by atoms with Crippen molar-refractivity contribution in [3.63, 3.8) is 0 Å². The number of carboxylic acids is 1. The van der Waals surface area contributed by atoms with Crippen LogP contribution in [0.2, 0.25) is 0 Å². The van der Waals surface area contributed by atoms with Gasteiger partial charge in [-0.3, -0.25) is 33.3 Å². The van der Waals surface area contributed by atoms with Crippen molar-refractivity contribution in [3.05, 3.63) is 108 Å². The molecule has 0 fully saturated rings. The number of carbonyl (C=O) groups is 7. The van der Waals surface area contributed by atoms with Crippen LogP contribution in [0, 0.1) is 0 Å². The molecule has 22 heteroatoms. The Morgan fingerprint density at radius 3 is 1.59 bits per heavy atom. The van der Waals surface area contributed by atoms with Gasteiger partial charge in [-0.25, -0.2) is 4.79 Å². The molecule has 64 heavy (non-hydrogen) atoms. The zero-order valence-corrected chi connectivity index (χ0v) is 36.4. The second-order valence-electron chi connectivity index (χ2n) is 13.4. The molecule has 3 N–H and O–H groups in total. The van der Waals surface area contributed by atoms with E-state index < -0.39 is 100 Å². The first kappa shape index (κ1) is 54.1. The van der Waals surface area contributed by atoms with Gasteiger partial charge in [0.15, 0.2) is 6.23 Å². The number of amides is 2. The quantitative estimate of drug-likeness (QED) is 0.0432. The number of benzene rings is 3. The Morgan fingerprint density at radius 1 is 0.688 bits per heavy atom. The molecule has 18 nitrogen and oxygen atoms in total. The van der Waals surface area contributed by atoms with Gasteiger partial charge in [-0.1, -0.05) is 91.0 Å². The average molecular weight is 927 g/mol. The Kier molecular flexibility index (Phi) is 23.6. The second-order valence-corrected chi connectivity index (χ2v) is 14.6. The van der Waals surface area contributed by atoms with Crippen LogP contribution in [0.15, 0.2) is 91.0 Å². The predicted octanol–water partition coefficient (Wildman–Crippen LogP) is 5.56. The molecule has 4 atom stereocenters. The van der Waals surface area contributed by atoms with Crippen molar-refractivity contribution < 1.29 is 89.1 Å². The number of hydrogen-bond acceptors (Lipinski definition) is 15. The van der Waals surface area contributed by atoms with Gasteiger partial charge in [0.05, 0.1) is 32.3 Å². The highest BCUT2D eigenvalue weighted by Crippen LogP contribution is 2.48. The standard InChI is InChI=1S/C40H46F3N2O14P.C2H4O2/c1-27(20-34(56-29(3)47)26-52-28(2)46)58-39(38(51)53-23-31-14-8-5-9-15-31,21-36(57-30(4)48)45-35(49)22-44-37(50)40(41,42)43)59-60(54-24-32-16-10-6-11-17-32)55-25-33-18-12-7-13-19-33;1-2(3)4/h5-19,27,34,36H,20-26H2,1-4H3,(H,44,50)(H,45,49);1H3,(H,3,4)/t27?,34?,36-,39?;/m1./s1. The summed E-state index contributed by atoms with van der Waals surface area (Å²) in [5.41, 5.74) is 1.82. The molecule has 350 valence electrons. The normalized spacial score (nSPS) is 13.3. The fraction of sp³-hybridized carbons (Fsp3) is 0.405. The lowest BCUT2D eigenvalue weighted by molar-refractivity contribution is -0.248. The van der Waals surface area contributed by atoms with Crippen LogP contribution in [0.4, 0.5) is 13.2 Å². The van der Waals surface area contributed by atoms with E-state index in [1.54, 1.807) is 91.0 Å². The molecule has 0 aliphatic rings. The van der Waals surface area contributed by atoms with Crippen molar-refractivity contribution in [2.24, 2.45) is 0 Å². The first-order valence-corrected chi connectivity index (χ1v) is 20.3. The van der Waals surface area contributed by atoms with Crippen LogP contribution in [0.5, 0.6) is 0 Å². The van der Waals surface area contributed by atoms with Gasteiger partial charge in [-0.05, 0) is 23.6 Å². The second kappa shape index (κ2) is 27.9. The molecular formula is C42H50F3N2O16P. The lowest BCUT2D eigenvalue weighted by Gasteiger charge is -2.37. The highest BCUT2D eigenvalue weighted by molar-refractivity contribution is 7.41. The number of carbonyl (C=O) groups excluding carboxylic acids is 6. The summed E-state index contributed by atoms with van der Waals surface area (Å²) in [7, 11) is -2.69. The third kappa shape index (κ3) is 22.9. The largest absolute Gasteiger partial charge is 0.481 e. The van der Waals surface area contributed by atoms with E-state index in [2.05, 4.69) is 5.32 Å². The maximum atomic E-state index is 14.6. The van der Waals surface area contributed by atoms with Crippen LogP contribution in [0.25, 0.3) is 0 Å². The molecule has 0 heterocycles. The number of alkyl halides is 3. The maximum absolute atomic E-state index is 14.6. The summed E-state index contributed by atoms with van der Waals surface area (Å²) in [5, 5.41) is 11.0. The van der Waals surface area contributed by atoms with Crippen LogP contribution in [0.3, 0.4) is 0 Å². The van der Waals surface area contributed by atoms with Crippen LogP contribution in [-0.2, 0) is 90.6 Å². The smallest absolute Gasteiger partial charge is 0.471 e. The Labute approximate surface area is 367 Å². The van der Waals surface area contributed by atoms with Crippen molar-refractivity contribution in [3.8, 4) is 0 Å². The monoisotopic (exact) mass is 926 g/mol. The molecule has 2 amide bonds. The van der Waals surface area contributed by atoms with Crippen molar-refractivity contribution >= 4 is 50.3 Å². The van der Waals surface area contributed by atoms with E-state index >= 15 is 0 Å². The summed E-state index contributed by atoms with van der Waals surface area (Å²) in [6, 6.07) is 25.9. The number of rotatable bonds is 24. The molecule has 0 saturated heterocycles. The number of nitrogens with one attached hydrogen (secondary N) is 2. The number of aliphatic carboxylic acids is 1.